The lowest BCUT2D eigenvalue weighted by atomic mass is 9.82. The topological polar surface area (TPSA) is 144 Å². The number of allylic oxidation sites excluding steroid dienone is 2. The van der Waals surface area contributed by atoms with Crippen LogP contribution in [0, 0.1) is 11.8 Å². The summed E-state index contributed by atoms with van der Waals surface area (Å²) in [4.78, 5) is 46.2. The zero-order valence-corrected chi connectivity index (χ0v) is 10.8. The monoisotopic (exact) mass is 283 g/mol. The Bertz CT molecular complexity index is 444. The Balaban J connectivity index is 2.91. The molecule has 1 rings (SSSR count). The van der Waals surface area contributed by atoms with E-state index in [4.69, 9.17) is 16.6 Å². The average Bonchev–Trinajstić information content (AvgIpc) is 2.36. The van der Waals surface area contributed by atoms with Crippen LogP contribution in [0.3, 0.4) is 0 Å². The van der Waals surface area contributed by atoms with Gasteiger partial charge in [-0.15, -0.1) is 0 Å². The summed E-state index contributed by atoms with van der Waals surface area (Å²) in [6, 6.07) is 0. The molecule has 0 aromatic rings. The summed E-state index contributed by atoms with van der Waals surface area (Å²) in [5, 5.41) is 9.12. The molecule has 0 aliphatic heterocycles. The maximum absolute atomic E-state index is 12.3. The Morgan fingerprint density at radius 3 is 1.85 bits per heavy atom. The number of amides is 3. The minimum absolute atomic E-state index is 0.229. The van der Waals surface area contributed by atoms with Gasteiger partial charge in [0.1, 0.15) is 0 Å². The maximum atomic E-state index is 12.3. The van der Waals surface area contributed by atoms with E-state index in [2.05, 4.69) is 0 Å². The third kappa shape index (κ3) is 4.08. The number of carbonyl (C=O) groups excluding carboxylic acids is 3. The zero-order valence-electron chi connectivity index (χ0n) is 10.8. The first-order valence-electron chi connectivity index (χ1n) is 6.06. The van der Waals surface area contributed by atoms with Crippen molar-refractivity contribution in [3.63, 3.8) is 0 Å². The molecule has 8 nitrogen and oxygen atoms in total. The SMILES string of the molecule is NC(=O)CN(CC(N)=O)C(=O)C1CC=CCC1C(=O)O. The Hall–Kier alpha value is -2.38. The van der Waals surface area contributed by atoms with Crippen LogP contribution < -0.4 is 11.5 Å². The average molecular weight is 283 g/mol. The number of hydrogen-bond acceptors (Lipinski definition) is 4. The van der Waals surface area contributed by atoms with Gasteiger partial charge >= 0.3 is 5.97 Å². The fourth-order valence-corrected chi connectivity index (χ4v) is 2.18. The first kappa shape index (κ1) is 15.7. The summed E-state index contributed by atoms with van der Waals surface area (Å²) < 4.78 is 0. The van der Waals surface area contributed by atoms with Gasteiger partial charge < -0.3 is 21.5 Å². The number of rotatable bonds is 6. The zero-order chi connectivity index (χ0) is 15.3. The smallest absolute Gasteiger partial charge is 0.307 e. The van der Waals surface area contributed by atoms with Crippen LogP contribution in [0.1, 0.15) is 12.8 Å². The van der Waals surface area contributed by atoms with E-state index >= 15 is 0 Å². The fourth-order valence-electron chi connectivity index (χ4n) is 2.18. The molecular formula is C12H17N3O5. The molecule has 0 bridgehead atoms. The predicted molar refractivity (Wildman–Crippen MR) is 68.0 cm³/mol. The normalized spacial score (nSPS) is 21.2. The molecule has 2 atom stereocenters. The van der Waals surface area contributed by atoms with E-state index in [9.17, 15) is 19.2 Å². The van der Waals surface area contributed by atoms with Gasteiger partial charge in [0.05, 0.1) is 24.9 Å². The van der Waals surface area contributed by atoms with Gasteiger partial charge in [-0.1, -0.05) is 12.2 Å². The van der Waals surface area contributed by atoms with Gasteiger partial charge in [0.25, 0.3) is 0 Å². The number of hydrogen-bond donors (Lipinski definition) is 3. The van der Waals surface area contributed by atoms with Crippen LogP contribution in [0.5, 0.6) is 0 Å². The van der Waals surface area contributed by atoms with Gasteiger partial charge in [-0.05, 0) is 12.8 Å². The van der Waals surface area contributed by atoms with Gasteiger partial charge in [0.15, 0.2) is 0 Å². The fraction of sp³-hybridized carbons (Fsp3) is 0.500. The van der Waals surface area contributed by atoms with E-state index in [1.54, 1.807) is 12.2 Å². The summed E-state index contributed by atoms with van der Waals surface area (Å²) in [6.07, 6.45) is 3.86. The van der Waals surface area contributed by atoms with Crippen molar-refractivity contribution in [1.29, 1.82) is 0 Å². The van der Waals surface area contributed by atoms with Crippen LogP contribution in [0.25, 0.3) is 0 Å². The highest BCUT2D eigenvalue weighted by Gasteiger charge is 2.37. The molecule has 1 aliphatic rings. The number of carbonyl (C=O) groups is 4. The molecule has 0 saturated carbocycles. The van der Waals surface area contributed by atoms with Crippen molar-refractivity contribution in [2.45, 2.75) is 12.8 Å². The number of aliphatic carboxylic acids is 1. The molecule has 1 aliphatic carbocycles. The molecule has 5 N–H and O–H groups in total. The Morgan fingerprint density at radius 2 is 1.45 bits per heavy atom. The van der Waals surface area contributed by atoms with Crippen molar-refractivity contribution in [1.82, 2.24) is 4.90 Å². The van der Waals surface area contributed by atoms with Crippen LogP contribution in [0.4, 0.5) is 0 Å². The van der Waals surface area contributed by atoms with E-state index in [1.807, 2.05) is 0 Å². The number of carboxylic acids is 1. The Kier molecular flexibility index (Phi) is 5.24. The van der Waals surface area contributed by atoms with E-state index in [0.717, 1.165) is 4.90 Å². The number of nitrogens with zero attached hydrogens (tertiary/aromatic N) is 1. The first-order valence-corrected chi connectivity index (χ1v) is 6.06. The van der Waals surface area contributed by atoms with Crippen LogP contribution in [0.15, 0.2) is 12.2 Å². The summed E-state index contributed by atoms with van der Waals surface area (Å²) in [6.45, 7) is -0.928. The van der Waals surface area contributed by atoms with Gasteiger partial charge in [-0.3, -0.25) is 19.2 Å². The molecule has 20 heavy (non-hydrogen) atoms. The highest BCUT2D eigenvalue weighted by molar-refractivity contribution is 5.91. The molecule has 0 heterocycles. The van der Waals surface area contributed by atoms with Crippen LogP contribution >= 0.6 is 0 Å². The molecule has 2 unspecified atom stereocenters. The molecule has 110 valence electrons. The first-order chi connectivity index (χ1) is 9.32. The van der Waals surface area contributed by atoms with Crippen LogP contribution in [-0.4, -0.2) is 46.8 Å². The van der Waals surface area contributed by atoms with Crippen molar-refractivity contribution < 1.29 is 24.3 Å². The van der Waals surface area contributed by atoms with E-state index in [1.165, 1.54) is 0 Å². The van der Waals surface area contributed by atoms with E-state index in [-0.39, 0.29) is 12.8 Å². The molecular weight excluding hydrogens is 266 g/mol. The predicted octanol–water partition coefficient (Wildman–Crippen LogP) is -1.55. The van der Waals surface area contributed by atoms with Gasteiger partial charge in [0, 0.05) is 0 Å². The lowest BCUT2D eigenvalue weighted by molar-refractivity contribution is -0.151. The summed E-state index contributed by atoms with van der Waals surface area (Å²) in [5.74, 6) is -4.98. The van der Waals surface area contributed by atoms with Crippen LogP contribution in [0.2, 0.25) is 0 Å². The van der Waals surface area contributed by atoms with Crippen molar-refractivity contribution in [3.05, 3.63) is 12.2 Å². The van der Waals surface area contributed by atoms with Crippen molar-refractivity contribution in [2.24, 2.45) is 23.3 Å². The minimum Gasteiger partial charge on any atom is -0.481 e. The quantitative estimate of drug-likeness (QED) is 0.505. The second kappa shape index (κ2) is 6.69. The van der Waals surface area contributed by atoms with E-state index < -0.39 is 48.6 Å². The third-order valence-electron chi connectivity index (χ3n) is 3.07. The molecule has 3 amide bonds. The molecule has 0 saturated heterocycles. The number of nitrogens with two attached hydrogens (primary N) is 2. The Labute approximate surface area is 115 Å². The second-order valence-corrected chi connectivity index (χ2v) is 4.62. The second-order valence-electron chi connectivity index (χ2n) is 4.62. The summed E-state index contributed by atoms with van der Waals surface area (Å²) in [7, 11) is 0. The third-order valence-corrected chi connectivity index (χ3v) is 3.07. The summed E-state index contributed by atoms with van der Waals surface area (Å²) >= 11 is 0. The van der Waals surface area contributed by atoms with Crippen molar-refractivity contribution in [2.75, 3.05) is 13.1 Å². The standard InChI is InChI=1S/C12H17N3O5/c13-9(16)5-15(6-10(14)17)11(18)7-3-1-2-4-8(7)12(19)20/h1-2,7-8H,3-6H2,(H2,13,16)(H2,14,17)(H,19,20). The molecule has 8 heteroatoms. The highest BCUT2D eigenvalue weighted by atomic mass is 16.4. The van der Waals surface area contributed by atoms with Crippen molar-refractivity contribution in [3.8, 4) is 0 Å². The molecule has 0 aromatic carbocycles. The van der Waals surface area contributed by atoms with E-state index in [0.29, 0.717) is 0 Å². The lowest BCUT2D eigenvalue weighted by Crippen LogP contribution is -2.48. The number of carboxylic acid groups (broad SMARTS) is 1. The van der Waals surface area contributed by atoms with Crippen molar-refractivity contribution >= 4 is 23.7 Å². The van der Waals surface area contributed by atoms with Gasteiger partial charge in [0.2, 0.25) is 17.7 Å². The maximum Gasteiger partial charge on any atom is 0.307 e. The minimum atomic E-state index is -1.09. The largest absolute Gasteiger partial charge is 0.481 e. The molecule has 0 fully saturated rings. The van der Waals surface area contributed by atoms with Crippen LogP contribution in [-0.2, 0) is 19.2 Å². The molecule has 0 aromatic heterocycles. The highest BCUT2D eigenvalue weighted by Crippen LogP contribution is 2.27. The Morgan fingerprint density at radius 1 is 1.00 bits per heavy atom. The molecule has 0 spiro atoms. The van der Waals surface area contributed by atoms with Gasteiger partial charge in [-0.25, -0.2) is 0 Å². The number of primary amides is 2. The lowest BCUT2D eigenvalue weighted by Gasteiger charge is -2.29. The summed E-state index contributed by atoms with van der Waals surface area (Å²) in [5.41, 5.74) is 10.0. The van der Waals surface area contributed by atoms with Gasteiger partial charge in [-0.2, -0.15) is 0 Å². The molecule has 0 radical (unpaired) electrons.